The van der Waals surface area contributed by atoms with Crippen LogP contribution in [0.3, 0.4) is 0 Å². The van der Waals surface area contributed by atoms with E-state index in [9.17, 15) is 0 Å². The quantitative estimate of drug-likeness (QED) is 0.461. The average Bonchev–Trinajstić information content (AvgIpc) is 2.13. The van der Waals surface area contributed by atoms with Gasteiger partial charge in [0.15, 0.2) is 0 Å². The summed E-state index contributed by atoms with van der Waals surface area (Å²) in [6, 6.07) is 0. The summed E-state index contributed by atoms with van der Waals surface area (Å²) in [7, 11) is 0. The molecule has 0 saturated heterocycles. The molecular formula is C13H32. The molecule has 0 aliphatic rings. The maximum Gasteiger partial charge on any atom is -0.0533 e. The molecule has 0 nitrogen and oxygen atoms in total. The van der Waals surface area contributed by atoms with Gasteiger partial charge in [-0.05, 0) is 0 Å². The van der Waals surface area contributed by atoms with Crippen molar-refractivity contribution < 1.29 is 0 Å². The third-order valence-electron chi connectivity index (χ3n) is 1.96. The fourth-order valence-corrected chi connectivity index (χ4v) is 0.854. The second-order valence-electron chi connectivity index (χ2n) is 3.41. The van der Waals surface area contributed by atoms with Crippen molar-refractivity contribution in [2.45, 2.75) is 86.5 Å². The summed E-state index contributed by atoms with van der Waals surface area (Å²) in [6.45, 7) is 8.87. The van der Waals surface area contributed by atoms with Gasteiger partial charge in [0.2, 0.25) is 0 Å². The van der Waals surface area contributed by atoms with E-state index in [1.54, 1.807) is 0 Å². The molecule has 0 fully saturated rings. The summed E-state index contributed by atoms with van der Waals surface area (Å²) in [5.74, 6) is 0. The van der Waals surface area contributed by atoms with Crippen LogP contribution in [0.15, 0.2) is 0 Å². The minimum atomic E-state index is 0. The van der Waals surface area contributed by atoms with E-state index < -0.39 is 0 Å². The molecule has 0 amide bonds. The molecular weight excluding hydrogens is 156 g/mol. The zero-order valence-corrected chi connectivity index (χ0v) is 9.66. The molecule has 0 spiro atoms. The van der Waals surface area contributed by atoms with Crippen LogP contribution in [0.2, 0.25) is 0 Å². The smallest absolute Gasteiger partial charge is 0.0533 e. The van der Waals surface area contributed by atoms with Gasteiger partial charge in [-0.15, -0.1) is 0 Å². The van der Waals surface area contributed by atoms with E-state index in [2.05, 4.69) is 27.7 Å². The van der Waals surface area contributed by atoms with Crippen LogP contribution >= 0.6 is 0 Å². The van der Waals surface area contributed by atoms with Crippen molar-refractivity contribution in [3.63, 3.8) is 0 Å². The van der Waals surface area contributed by atoms with E-state index in [0.717, 1.165) is 0 Å². The molecule has 0 bridgehead atoms. The van der Waals surface area contributed by atoms with Crippen LogP contribution in [-0.2, 0) is 0 Å². The zero-order valence-electron chi connectivity index (χ0n) is 9.66. The molecule has 0 N–H and O–H groups in total. The maximum atomic E-state index is 2.26. The van der Waals surface area contributed by atoms with Crippen LogP contribution in [0.5, 0.6) is 0 Å². The zero-order chi connectivity index (χ0) is 9.66. The van der Waals surface area contributed by atoms with E-state index in [-0.39, 0.29) is 7.43 Å². The summed E-state index contributed by atoms with van der Waals surface area (Å²) in [4.78, 5) is 0. The molecule has 0 aromatic rings. The second-order valence-corrected chi connectivity index (χ2v) is 3.41. The first-order valence-electron chi connectivity index (χ1n) is 5.83. The molecule has 84 valence electrons. The maximum absolute atomic E-state index is 2.26. The monoisotopic (exact) mass is 188 g/mol. The molecule has 0 unspecified atom stereocenters. The fourth-order valence-electron chi connectivity index (χ4n) is 0.854. The summed E-state index contributed by atoms with van der Waals surface area (Å²) >= 11 is 0. The van der Waals surface area contributed by atoms with Gasteiger partial charge in [0, 0.05) is 0 Å². The average molecular weight is 188 g/mol. The van der Waals surface area contributed by atoms with Crippen LogP contribution in [0.4, 0.5) is 0 Å². The summed E-state index contributed by atoms with van der Waals surface area (Å²) in [5.41, 5.74) is 0. The lowest BCUT2D eigenvalue weighted by atomic mass is 10.1. The largest absolute Gasteiger partial charge is 0.0776 e. The van der Waals surface area contributed by atoms with Crippen LogP contribution in [0, 0.1) is 0 Å². The highest BCUT2D eigenvalue weighted by atomic mass is 13.9. The Morgan fingerprint density at radius 1 is 0.462 bits per heavy atom. The molecule has 0 aromatic carbocycles. The molecule has 0 aromatic heterocycles. The van der Waals surface area contributed by atoms with Gasteiger partial charge in [0.05, 0.1) is 0 Å². The Kier molecular flexibility index (Phi) is 32.7. The van der Waals surface area contributed by atoms with Gasteiger partial charge in [0.25, 0.3) is 0 Å². The SMILES string of the molecule is C.CCCC.CCCCCCCC. The van der Waals surface area contributed by atoms with Crippen molar-refractivity contribution in [1.82, 2.24) is 0 Å². The van der Waals surface area contributed by atoms with Crippen molar-refractivity contribution in [2.24, 2.45) is 0 Å². The van der Waals surface area contributed by atoms with Gasteiger partial charge in [-0.1, -0.05) is 86.5 Å². The third-order valence-corrected chi connectivity index (χ3v) is 1.96. The Balaban J connectivity index is -0.000000173. The normalized spacial score (nSPS) is 8.31. The van der Waals surface area contributed by atoms with Gasteiger partial charge < -0.3 is 0 Å². The predicted octanol–water partition coefficient (Wildman–Crippen LogP) is 5.81. The fraction of sp³-hybridized carbons (Fsp3) is 1.00. The number of unbranched alkanes of at least 4 members (excludes halogenated alkanes) is 6. The lowest BCUT2D eigenvalue weighted by Crippen LogP contribution is -1.73. The molecule has 0 atom stereocenters. The second kappa shape index (κ2) is 22.7. The first kappa shape index (κ1) is 18.7. The van der Waals surface area contributed by atoms with Gasteiger partial charge in [-0.3, -0.25) is 0 Å². The Morgan fingerprint density at radius 2 is 0.769 bits per heavy atom. The highest BCUT2D eigenvalue weighted by Gasteiger charge is 1.83. The number of hydrogen-bond donors (Lipinski definition) is 0. The number of rotatable bonds is 6. The lowest BCUT2D eigenvalue weighted by molar-refractivity contribution is 0.624. The third kappa shape index (κ3) is 33.3. The van der Waals surface area contributed by atoms with Crippen LogP contribution in [-0.4, -0.2) is 0 Å². The lowest BCUT2D eigenvalue weighted by Gasteiger charge is -1.93. The van der Waals surface area contributed by atoms with Crippen LogP contribution in [0.1, 0.15) is 86.5 Å². The van der Waals surface area contributed by atoms with Crippen molar-refractivity contribution in [3.8, 4) is 0 Å². The predicted molar refractivity (Wildman–Crippen MR) is 66.4 cm³/mol. The first-order chi connectivity index (χ1) is 5.83. The van der Waals surface area contributed by atoms with Crippen molar-refractivity contribution in [3.05, 3.63) is 0 Å². The van der Waals surface area contributed by atoms with E-state index in [0.29, 0.717) is 0 Å². The van der Waals surface area contributed by atoms with Crippen molar-refractivity contribution in [1.29, 1.82) is 0 Å². The Hall–Kier alpha value is 0. The Morgan fingerprint density at radius 3 is 0.923 bits per heavy atom. The molecule has 0 radical (unpaired) electrons. The topological polar surface area (TPSA) is 0 Å². The van der Waals surface area contributed by atoms with E-state index in [4.69, 9.17) is 0 Å². The van der Waals surface area contributed by atoms with Gasteiger partial charge >= 0.3 is 0 Å². The summed E-state index contributed by atoms with van der Waals surface area (Å²) in [6.07, 6.45) is 11.1. The minimum absolute atomic E-state index is 0. The van der Waals surface area contributed by atoms with E-state index >= 15 is 0 Å². The van der Waals surface area contributed by atoms with Crippen LogP contribution in [0.25, 0.3) is 0 Å². The first-order valence-corrected chi connectivity index (χ1v) is 5.83. The highest BCUT2D eigenvalue weighted by Crippen LogP contribution is 2.03. The minimum Gasteiger partial charge on any atom is -0.0776 e. The standard InChI is InChI=1S/C8H18.C4H10.CH4/c1-3-5-7-8-6-4-2;1-3-4-2;/h3-8H2,1-2H3;3-4H2,1-2H3;1H4. The molecule has 0 heterocycles. The van der Waals surface area contributed by atoms with E-state index in [1.165, 1.54) is 51.4 Å². The highest BCUT2D eigenvalue weighted by molar-refractivity contribution is 4.39. The molecule has 13 heavy (non-hydrogen) atoms. The van der Waals surface area contributed by atoms with Crippen molar-refractivity contribution in [2.75, 3.05) is 0 Å². The van der Waals surface area contributed by atoms with Gasteiger partial charge in [-0.25, -0.2) is 0 Å². The van der Waals surface area contributed by atoms with Crippen LogP contribution < -0.4 is 0 Å². The van der Waals surface area contributed by atoms with Gasteiger partial charge in [-0.2, -0.15) is 0 Å². The molecule has 0 heteroatoms. The molecule has 0 saturated carbocycles. The Labute approximate surface area is 87.1 Å². The summed E-state index contributed by atoms with van der Waals surface area (Å²) < 4.78 is 0. The molecule has 0 rings (SSSR count). The van der Waals surface area contributed by atoms with Crippen molar-refractivity contribution >= 4 is 0 Å². The van der Waals surface area contributed by atoms with E-state index in [1.807, 2.05) is 0 Å². The Bertz CT molecular complexity index is 40.0. The number of hydrogen-bond acceptors (Lipinski definition) is 0. The van der Waals surface area contributed by atoms with Gasteiger partial charge in [0.1, 0.15) is 0 Å². The summed E-state index contributed by atoms with van der Waals surface area (Å²) in [5, 5.41) is 0. The molecule has 0 aliphatic carbocycles. The molecule has 0 aliphatic heterocycles.